The van der Waals surface area contributed by atoms with Crippen molar-refractivity contribution in [3.05, 3.63) is 9.93 Å². The Morgan fingerprint density at radius 1 is 1.00 bits per heavy atom. The molecule has 0 saturated carbocycles. The van der Waals surface area contributed by atoms with Crippen molar-refractivity contribution in [2.24, 2.45) is 0 Å². The summed E-state index contributed by atoms with van der Waals surface area (Å²) in [6, 6.07) is 0. The highest BCUT2D eigenvalue weighted by Gasteiger charge is 0.882. The second-order valence-corrected chi connectivity index (χ2v) is 0. The minimum absolute atomic E-state index is 2.33. The van der Waals surface area contributed by atoms with Crippen LogP contribution in [-0.2, 0) is 0 Å². The third-order valence-electron chi connectivity index (χ3n) is 0. The third kappa shape index (κ3) is 24.8. The quantitative estimate of drug-likeness (QED) is 0.418. The van der Waals surface area contributed by atoms with Gasteiger partial charge in [0.1, 0.15) is 0 Å². The molecule has 0 aromatic rings. The molecular weight excluding hydrogens is 93.9 g/mol. The monoisotopic (exact) mass is 98.0 g/mol. The molecule has 0 N–H and O–H groups in total. The third-order valence-corrected chi connectivity index (χ3v) is 0. The second-order valence-electron chi connectivity index (χ2n) is 0. The molecular formula is H4O2P2. The lowest BCUT2D eigenvalue weighted by atomic mass is 15.3. The Morgan fingerprint density at radius 3 is 1.00 bits per heavy atom. The average Bonchev–Trinajstić information content (AvgIpc) is 1.50. The number of hydrogen-bond donors (Lipinski definition) is 0. The highest BCUT2D eigenvalue weighted by molar-refractivity contribution is 7.92. The van der Waals surface area contributed by atoms with Gasteiger partial charge < -0.3 is 0 Å². The minimum Gasteiger partial charge on any atom is -0.118 e. The number of rotatable bonds is 0. The van der Waals surface area contributed by atoms with Crippen LogP contribution in [0.1, 0.15) is 0 Å². The van der Waals surface area contributed by atoms with Crippen LogP contribution in [0.4, 0.5) is 0 Å². The van der Waals surface area contributed by atoms with Crippen LogP contribution in [0.15, 0.2) is 0 Å². The van der Waals surface area contributed by atoms with Gasteiger partial charge >= 0.3 is 0 Å². The predicted molar refractivity (Wildman–Crippen MR) is 26.2 cm³/mol. The van der Waals surface area contributed by atoms with Gasteiger partial charge in [-0.2, -0.15) is 0 Å². The highest BCUT2D eigenvalue weighted by atomic mass is 32.0. The molecule has 0 heterocycles. The van der Waals surface area contributed by atoms with Crippen LogP contribution in [0.25, 0.3) is 0 Å². The van der Waals surface area contributed by atoms with E-state index >= 15 is 0 Å². The van der Waals surface area contributed by atoms with Crippen LogP contribution in [0, 0.1) is 9.93 Å². The van der Waals surface area contributed by atoms with Crippen LogP contribution < -0.4 is 0 Å². The van der Waals surface area contributed by atoms with Crippen molar-refractivity contribution in [2.45, 2.75) is 0 Å². The van der Waals surface area contributed by atoms with Crippen LogP contribution in [0.5, 0.6) is 0 Å². The van der Waals surface area contributed by atoms with Crippen LogP contribution in [-0.4, -0.2) is 0 Å². The zero-order valence-corrected chi connectivity index (χ0v) is 4.28. The lowest BCUT2D eigenvalue weighted by molar-refractivity contribution is 2.66. The van der Waals surface area contributed by atoms with Gasteiger partial charge in [-0.25, -0.2) is 0 Å². The van der Waals surface area contributed by atoms with E-state index in [1.54, 1.807) is 0 Å². The fourth-order valence-electron chi connectivity index (χ4n) is 0. The lowest BCUT2D eigenvalue weighted by Gasteiger charge is -1.12. The molecule has 26 valence electrons. The SMILES string of the molecule is O=O.PP. The molecule has 2 unspecified atom stereocenters. The summed E-state index contributed by atoms with van der Waals surface area (Å²) >= 11 is 0. The zero-order valence-electron chi connectivity index (χ0n) is 1.97. The summed E-state index contributed by atoms with van der Waals surface area (Å²) in [5.41, 5.74) is 0. The first kappa shape index (κ1) is 8.82. The fraction of sp³-hybridized carbons (Fsp3) is 0. The maximum absolute atomic E-state index is 7.00. The molecule has 2 nitrogen and oxygen atoms in total. The highest BCUT2D eigenvalue weighted by Crippen LogP contribution is 1.86. The minimum atomic E-state index is 2.33. The number of hydrogen-bond acceptors (Lipinski definition) is 2. The maximum Gasteiger partial charge on any atom is 0 e. The standard InChI is InChI=1S/O2.H4P2/c2*1-2/h;1-2H2. The Kier molecular flexibility index (Phi) is 218. The summed E-state index contributed by atoms with van der Waals surface area (Å²) in [6.45, 7) is 0. The van der Waals surface area contributed by atoms with Crippen molar-refractivity contribution in [1.82, 2.24) is 0 Å². The van der Waals surface area contributed by atoms with Gasteiger partial charge in [0.2, 0.25) is 0 Å². The van der Waals surface area contributed by atoms with Crippen molar-refractivity contribution in [3.63, 3.8) is 0 Å². The summed E-state index contributed by atoms with van der Waals surface area (Å²) in [7, 11) is 4.67. The largest absolute Gasteiger partial charge is 0.118 e. The van der Waals surface area contributed by atoms with Gasteiger partial charge in [0.25, 0.3) is 0 Å². The van der Waals surface area contributed by atoms with E-state index in [0.717, 1.165) is 0 Å². The van der Waals surface area contributed by atoms with Gasteiger partial charge in [-0.3, -0.25) is 0 Å². The van der Waals surface area contributed by atoms with E-state index < -0.39 is 0 Å². The first-order valence-electron chi connectivity index (χ1n) is 0.500. The molecule has 0 aromatic carbocycles. The van der Waals surface area contributed by atoms with Crippen LogP contribution >= 0.6 is 17.9 Å². The Balaban J connectivity index is 0. The normalized spacial score (nSPS) is 2.50. The van der Waals surface area contributed by atoms with Crippen molar-refractivity contribution in [2.75, 3.05) is 0 Å². The molecule has 0 rings (SSSR count). The van der Waals surface area contributed by atoms with Crippen molar-refractivity contribution in [1.29, 1.82) is 0 Å². The summed E-state index contributed by atoms with van der Waals surface area (Å²) in [4.78, 5) is 14.0. The van der Waals surface area contributed by atoms with Crippen LogP contribution in [0.3, 0.4) is 0 Å². The van der Waals surface area contributed by atoms with Gasteiger partial charge in [0, 0.05) is 9.93 Å². The maximum atomic E-state index is 7.00. The van der Waals surface area contributed by atoms with E-state index in [2.05, 4.69) is 17.9 Å². The van der Waals surface area contributed by atoms with E-state index in [0.29, 0.717) is 0 Å². The van der Waals surface area contributed by atoms with Gasteiger partial charge in [-0.1, -0.05) is 0 Å². The van der Waals surface area contributed by atoms with E-state index in [4.69, 9.17) is 9.93 Å². The molecule has 0 radical (unpaired) electrons. The molecule has 4 heteroatoms. The average molecular weight is 98.0 g/mol. The van der Waals surface area contributed by atoms with Crippen molar-refractivity contribution in [3.8, 4) is 0 Å². The Hall–Kier alpha value is 0.460. The van der Waals surface area contributed by atoms with E-state index in [1.165, 1.54) is 0 Å². The van der Waals surface area contributed by atoms with Gasteiger partial charge in [-0.05, 0) is 0 Å². The molecule has 0 amide bonds. The molecule has 4 heavy (non-hydrogen) atoms. The van der Waals surface area contributed by atoms with Crippen molar-refractivity contribution < 1.29 is 0 Å². The van der Waals surface area contributed by atoms with Gasteiger partial charge in [-0.15, -0.1) is 17.9 Å². The molecule has 0 aromatic heterocycles. The van der Waals surface area contributed by atoms with Crippen LogP contribution in [0.2, 0.25) is 0 Å². The van der Waals surface area contributed by atoms with Crippen molar-refractivity contribution >= 4 is 17.9 Å². The molecule has 0 saturated heterocycles. The lowest BCUT2D eigenvalue weighted by Crippen LogP contribution is -0.674. The molecule has 0 aliphatic heterocycles. The summed E-state index contributed by atoms with van der Waals surface area (Å²) in [5, 5.41) is 0. The molecule has 0 fully saturated rings. The Morgan fingerprint density at radius 2 is 1.00 bits per heavy atom. The van der Waals surface area contributed by atoms with E-state index in [9.17, 15) is 0 Å². The molecule has 2 atom stereocenters. The first-order chi connectivity index (χ1) is 2.00. The summed E-state index contributed by atoms with van der Waals surface area (Å²) in [6.07, 6.45) is 0. The smallest absolute Gasteiger partial charge is 0 e. The Labute approximate surface area is 28.9 Å². The zero-order chi connectivity index (χ0) is 4.00. The first-order valence-corrected chi connectivity index (χ1v) is 3.17. The summed E-state index contributed by atoms with van der Waals surface area (Å²) in [5.74, 6) is 0. The predicted octanol–water partition coefficient (Wildman–Crippen LogP) is 0.719. The molecule has 0 aliphatic carbocycles. The van der Waals surface area contributed by atoms with Gasteiger partial charge in [0.05, 0.1) is 0 Å². The molecule has 0 spiro atoms. The molecule has 0 aliphatic rings. The van der Waals surface area contributed by atoms with E-state index in [-0.39, 0.29) is 0 Å². The fourth-order valence-corrected chi connectivity index (χ4v) is 0. The van der Waals surface area contributed by atoms with Gasteiger partial charge in [0.15, 0.2) is 0 Å². The topological polar surface area (TPSA) is 34.1 Å². The van der Waals surface area contributed by atoms with E-state index in [1.807, 2.05) is 0 Å². The summed E-state index contributed by atoms with van der Waals surface area (Å²) < 4.78 is 0. The molecule has 0 bridgehead atoms. The second kappa shape index (κ2) is 99.0. The Bertz CT molecular complexity index is 4.00.